The van der Waals surface area contributed by atoms with Crippen molar-refractivity contribution in [3.05, 3.63) is 75.8 Å². The van der Waals surface area contributed by atoms with Crippen LogP contribution in [0.3, 0.4) is 0 Å². The van der Waals surface area contributed by atoms with Gasteiger partial charge in [-0.1, -0.05) is 30.3 Å². The standard InChI is InChI=1S/C17H17F2NO2/c1-17(2,19)15(12-6-4-3-5-7-12)16(18)13-8-10-14(11-9-13)20(21)22/h3-11,15-16H,1-2H3/t15-,16+/m1/s1. The predicted octanol–water partition coefficient (Wildman–Crippen LogP) is 5.14. The Kier molecular flexibility index (Phi) is 4.54. The van der Waals surface area contributed by atoms with E-state index in [1.807, 2.05) is 0 Å². The van der Waals surface area contributed by atoms with Crippen LogP contribution < -0.4 is 0 Å². The molecule has 0 aliphatic carbocycles. The minimum absolute atomic E-state index is 0.119. The number of nitro benzene ring substituents is 1. The lowest BCUT2D eigenvalue weighted by Gasteiger charge is -2.30. The summed E-state index contributed by atoms with van der Waals surface area (Å²) in [6.07, 6.45) is -1.59. The molecule has 0 aromatic heterocycles. The largest absolute Gasteiger partial charge is 0.269 e. The number of rotatable bonds is 5. The predicted molar refractivity (Wildman–Crippen MR) is 81.3 cm³/mol. The van der Waals surface area contributed by atoms with Crippen molar-refractivity contribution >= 4 is 5.69 Å². The number of nitro groups is 1. The van der Waals surface area contributed by atoms with E-state index in [0.29, 0.717) is 5.56 Å². The van der Waals surface area contributed by atoms with Crippen LogP contribution in [-0.4, -0.2) is 10.6 Å². The molecule has 0 unspecified atom stereocenters. The molecule has 0 radical (unpaired) electrons. The number of hydrogen-bond donors (Lipinski definition) is 0. The Bertz CT molecular complexity index is 636. The fourth-order valence-corrected chi connectivity index (χ4v) is 2.55. The molecule has 2 rings (SSSR count). The fraction of sp³-hybridized carbons (Fsp3) is 0.294. The normalized spacial score (nSPS) is 14.4. The second-order valence-electron chi connectivity index (χ2n) is 5.70. The van der Waals surface area contributed by atoms with E-state index in [1.54, 1.807) is 30.3 Å². The van der Waals surface area contributed by atoms with Crippen LogP contribution in [-0.2, 0) is 0 Å². The maximum Gasteiger partial charge on any atom is 0.269 e. The van der Waals surface area contributed by atoms with Gasteiger partial charge in [0.15, 0.2) is 0 Å². The van der Waals surface area contributed by atoms with Crippen molar-refractivity contribution in [2.75, 3.05) is 0 Å². The Labute approximate surface area is 127 Å². The molecule has 22 heavy (non-hydrogen) atoms. The number of non-ortho nitro benzene ring substituents is 1. The van der Waals surface area contributed by atoms with Crippen LogP contribution in [0.1, 0.15) is 37.1 Å². The van der Waals surface area contributed by atoms with Crippen LogP contribution in [0, 0.1) is 10.1 Å². The van der Waals surface area contributed by atoms with Crippen molar-refractivity contribution in [3.8, 4) is 0 Å². The Hall–Kier alpha value is -2.30. The van der Waals surface area contributed by atoms with Gasteiger partial charge in [-0.15, -0.1) is 0 Å². The van der Waals surface area contributed by atoms with E-state index >= 15 is 0 Å². The summed E-state index contributed by atoms with van der Waals surface area (Å²) in [5, 5.41) is 10.6. The summed E-state index contributed by atoms with van der Waals surface area (Å²) in [6.45, 7) is 2.67. The zero-order valence-electron chi connectivity index (χ0n) is 12.4. The van der Waals surface area contributed by atoms with Gasteiger partial charge in [-0.2, -0.15) is 0 Å². The average molecular weight is 305 g/mol. The van der Waals surface area contributed by atoms with E-state index in [0.717, 1.165) is 0 Å². The first-order chi connectivity index (χ1) is 10.3. The van der Waals surface area contributed by atoms with E-state index in [9.17, 15) is 18.9 Å². The number of hydrogen-bond acceptors (Lipinski definition) is 2. The van der Waals surface area contributed by atoms with Crippen molar-refractivity contribution in [2.24, 2.45) is 0 Å². The Balaban J connectivity index is 2.38. The number of benzene rings is 2. The molecule has 2 aromatic rings. The van der Waals surface area contributed by atoms with Crippen LogP contribution in [0.25, 0.3) is 0 Å². The number of alkyl halides is 2. The summed E-state index contributed by atoms with van der Waals surface area (Å²) < 4.78 is 29.4. The van der Waals surface area contributed by atoms with E-state index < -0.39 is 22.7 Å². The van der Waals surface area contributed by atoms with Crippen molar-refractivity contribution in [3.63, 3.8) is 0 Å². The molecule has 0 saturated carbocycles. The highest BCUT2D eigenvalue weighted by Crippen LogP contribution is 2.43. The van der Waals surface area contributed by atoms with Gasteiger partial charge in [0.25, 0.3) is 5.69 Å². The molecule has 2 atom stereocenters. The first-order valence-corrected chi connectivity index (χ1v) is 6.93. The summed E-state index contributed by atoms with van der Waals surface area (Å²) in [4.78, 5) is 10.1. The van der Waals surface area contributed by atoms with Gasteiger partial charge < -0.3 is 0 Å². The van der Waals surface area contributed by atoms with Crippen LogP contribution in [0.4, 0.5) is 14.5 Å². The van der Waals surface area contributed by atoms with Gasteiger partial charge in [0.05, 0.1) is 10.8 Å². The summed E-state index contributed by atoms with van der Waals surface area (Å²) in [7, 11) is 0. The lowest BCUT2D eigenvalue weighted by molar-refractivity contribution is -0.384. The van der Waals surface area contributed by atoms with Gasteiger partial charge in [0, 0.05) is 12.1 Å². The molecule has 0 heterocycles. The minimum atomic E-state index is -1.78. The molecule has 5 heteroatoms. The Morgan fingerprint density at radius 3 is 2.00 bits per heavy atom. The van der Waals surface area contributed by atoms with Crippen molar-refractivity contribution < 1.29 is 13.7 Å². The Morgan fingerprint density at radius 2 is 1.55 bits per heavy atom. The van der Waals surface area contributed by atoms with Gasteiger partial charge in [-0.25, -0.2) is 8.78 Å². The molecule has 0 N–H and O–H groups in total. The molecule has 116 valence electrons. The van der Waals surface area contributed by atoms with Gasteiger partial charge in [-0.05, 0) is 37.1 Å². The van der Waals surface area contributed by atoms with Gasteiger partial charge in [-0.3, -0.25) is 10.1 Å². The zero-order chi connectivity index (χ0) is 16.3. The maximum absolute atomic E-state index is 14.9. The van der Waals surface area contributed by atoms with Crippen LogP contribution in [0.2, 0.25) is 0 Å². The number of nitrogens with zero attached hydrogens (tertiary/aromatic N) is 1. The molecule has 0 aliphatic rings. The molecule has 0 spiro atoms. The lowest BCUT2D eigenvalue weighted by atomic mass is 9.80. The fourth-order valence-electron chi connectivity index (χ4n) is 2.55. The second kappa shape index (κ2) is 6.22. The molecule has 0 aliphatic heterocycles. The molecule has 0 amide bonds. The quantitative estimate of drug-likeness (QED) is 0.567. The smallest absolute Gasteiger partial charge is 0.258 e. The second-order valence-corrected chi connectivity index (χ2v) is 5.70. The van der Waals surface area contributed by atoms with Gasteiger partial charge in [0.1, 0.15) is 11.8 Å². The van der Waals surface area contributed by atoms with Gasteiger partial charge >= 0.3 is 0 Å². The first kappa shape index (κ1) is 16.1. The van der Waals surface area contributed by atoms with Gasteiger partial charge in [0.2, 0.25) is 0 Å². The molecule has 0 fully saturated rings. The molecule has 2 aromatic carbocycles. The van der Waals surface area contributed by atoms with Crippen molar-refractivity contribution in [2.45, 2.75) is 31.6 Å². The highest BCUT2D eigenvalue weighted by Gasteiger charge is 2.38. The molecule has 0 saturated heterocycles. The molecular formula is C17H17F2NO2. The van der Waals surface area contributed by atoms with Crippen molar-refractivity contribution in [1.29, 1.82) is 0 Å². The number of halogens is 2. The summed E-state index contributed by atoms with van der Waals surface area (Å²) in [5.41, 5.74) is -1.11. The highest BCUT2D eigenvalue weighted by atomic mass is 19.2. The van der Waals surface area contributed by atoms with Crippen LogP contribution in [0.5, 0.6) is 0 Å². The van der Waals surface area contributed by atoms with Crippen LogP contribution in [0.15, 0.2) is 54.6 Å². The molecule has 3 nitrogen and oxygen atoms in total. The third-order valence-corrected chi connectivity index (χ3v) is 3.61. The highest BCUT2D eigenvalue weighted by molar-refractivity contribution is 5.36. The van der Waals surface area contributed by atoms with E-state index in [4.69, 9.17) is 0 Å². The Morgan fingerprint density at radius 1 is 1.00 bits per heavy atom. The maximum atomic E-state index is 14.9. The zero-order valence-corrected chi connectivity index (χ0v) is 12.4. The third-order valence-electron chi connectivity index (χ3n) is 3.61. The van der Waals surface area contributed by atoms with E-state index in [2.05, 4.69) is 0 Å². The van der Waals surface area contributed by atoms with E-state index in [1.165, 1.54) is 38.1 Å². The average Bonchev–Trinajstić information content (AvgIpc) is 2.47. The summed E-state index contributed by atoms with van der Waals surface area (Å²) in [5.74, 6) is -0.991. The lowest BCUT2D eigenvalue weighted by Crippen LogP contribution is -2.27. The summed E-state index contributed by atoms with van der Waals surface area (Å²) >= 11 is 0. The van der Waals surface area contributed by atoms with Crippen molar-refractivity contribution in [1.82, 2.24) is 0 Å². The van der Waals surface area contributed by atoms with E-state index in [-0.39, 0.29) is 11.3 Å². The third kappa shape index (κ3) is 3.47. The molecule has 0 bridgehead atoms. The summed E-state index contributed by atoms with van der Waals surface area (Å²) in [6, 6.07) is 13.8. The van der Waals surface area contributed by atoms with Crippen LogP contribution >= 0.6 is 0 Å². The monoisotopic (exact) mass is 305 g/mol. The minimum Gasteiger partial charge on any atom is -0.258 e. The molecular weight excluding hydrogens is 288 g/mol. The first-order valence-electron chi connectivity index (χ1n) is 6.93. The SMILES string of the molecule is CC(C)(F)[C@H](c1ccccc1)[C@@H](F)c1ccc([N+](=O)[O-])cc1. The topological polar surface area (TPSA) is 43.1 Å².